The van der Waals surface area contributed by atoms with Crippen LogP contribution in [0.15, 0.2) is 6.07 Å². The molecule has 0 radical (unpaired) electrons. The van der Waals surface area contributed by atoms with E-state index in [1.54, 1.807) is 19.9 Å². The lowest BCUT2D eigenvalue weighted by molar-refractivity contribution is -0.143. The highest BCUT2D eigenvalue weighted by Gasteiger charge is 2.22. The van der Waals surface area contributed by atoms with Gasteiger partial charge in [-0.3, -0.25) is 14.3 Å². The molecular weight excluding hydrogens is 252 g/mol. The Morgan fingerprint density at radius 3 is 2.53 bits per heavy atom. The summed E-state index contributed by atoms with van der Waals surface area (Å²) in [5.74, 6) is -2.64. The van der Waals surface area contributed by atoms with Crippen molar-refractivity contribution in [2.75, 3.05) is 0 Å². The summed E-state index contributed by atoms with van der Waals surface area (Å²) < 4.78 is 1.45. The number of nitrogens with one attached hydrogen (secondary N) is 1. The molecule has 8 heteroatoms. The van der Waals surface area contributed by atoms with Crippen molar-refractivity contribution in [1.29, 1.82) is 0 Å². The van der Waals surface area contributed by atoms with Crippen LogP contribution < -0.4 is 11.1 Å². The van der Waals surface area contributed by atoms with Gasteiger partial charge in [-0.1, -0.05) is 0 Å². The lowest BCUT2D eigenvalue weighted by atomic mass is 10.2. The van der Waals surface area contributed by atoms with E-state index in [9.17, 15) is 14.4 Å². The van der Waals surface area contributed by atoms with E-state index >= 15 is 0 Å². The van der Waals surface area contributed by atoms with E-state index in [4.69, 9.17) is 10.8 Å². The third-order valence-corrected chi connectivity index (χ3v) is 2.44. The first-order valence-electron chi connectivity index (χ1n) is 5.61. The molecule has 1 atom stereocenters. The molecule has 104 valence electrons. The number of nitrogens with zero attached hydrogens (tertiary/aromatic N) is 2. The summed E-state index contributed by atoms with van der Waals surface area (Å²) in [6, 6.07) is 0.479. The number of carboxylic acid groups (broad SMARTS) is 1. The van der Waals surface area contributed by atoms with Crippen molar-refractivity contribution in [3.05, 3.63) is 17.5 Å². The quantitative estimate of drug-likeness (QED) is 0.606. The van der Waals surface area contributed by atoms with Gasteiger partial charge in [0.25, 0.3) is 0 Å². The molecule has 1 rings (SSSR count). The standard InChI is InChI=1S/C11H16N4O4/c1-6-3-7(2)15(14-6)5-10(17)13-8(11(18)19)4-9(12)16/h3,8H,4-5H2,1-2H3,(H2,12,16)(H,13,17)(H,18,19)/t8-/m0/s1. The van der Waals surface area contributed by atoms with E-state index in [1.165, 1.54) is 4.68 Å². The summed E-state index contributed by atoms with van der Waals surface area (Å²) in [6.07, 6.45) is -0.446. The number of amides is 2. The summed E-state index contributed by atoms with van der Waals surface area (Å²) in [4.78, 5) is 33.2. The largest absolute Gasteiger partial charge is 0.480 e. The number of rotatable bonds is 6. The SMILES string of the molecule is Cc1cc(C)n(CC(=O)N[C@@H](CC(N)=O)C(=O)O)n1. The second-order valence-corrected chi connectivity index (χ2v) is 4.21. The second-order valence-electron chi connectivity index (χ2n) is 4.21. The van der Waals surface area contributed by atoms with E-state index in [2.05, 4.69) is 10.4 Å². The Morgan fingerprint density at radius 2 is 2.11 bits per heavy atom. The van der Waals surface area contributed by atoms with Crippen LogP contribution in [0.2, 0.25) is 0 Å². The molecule has 0 fully saturated rings. The Kier molecular flexibility index (Phi) is 4.62. The second kappa shape index (κ2) is 5.98. The zero-order chi connectivity index (χ0) is 14.6. The van der Waals surface area contributed by atoms with Crippen molar-refractivity contribution in [2.45, 2.75) is 32.9 Å². The first kappa shape index (κ1) is 14.7. The third-order valence-electron chi connectivity index (χ3n) is 2.44. The number of carbonyl (C=O) groups is 3. The Balaban J connectivity index is 2.65. The average Bonchev–Trinajstić information content (AvgIpc) is 2.55. The monoisotopic (exact) mass is 268 g/mol. The van der Waals surface area contributed by atoms with E-state index in [-0.39, 0.29) is 6.54 Å². The van der Waals surface area contributed by atoms with Crippen molar-refractivity contribution >= 4 is 17.8 Å². The zero-order valence-electron chi connectivity index (χ0n) is 10.7. The van der Waals surface area contributed by atoms with Crippen molar-refractivity contribution < 1.29 is 19.5 Å². The Hall–Kier alpha value is -2.38. The van der Waals surface area contributed by atoms with Gasteiger partial charge in [-0.05, 0) is 19.9 Å². The van der Waals surface area contributed by atoms with Gasteiger partial charge in [-0.2, -0.15) is 5.10 Å². The molecule has 1 aromatic heterocycles. The van der Waals surface area contributed by atoms with Crippen molar-refractivity contribution in [3.63, 3.8) is 0 Å². The minimum Gasteiger partial charge on any atom is -0.480 e. The molecule has 0 spiro atoms. The van der Waals surface area contributed by atoms with Crippen LogP contribution in [-0.4, -0.2) is 38.7 Å². The number of primary amides is 1. The summed E-state index contributed by atoms with van der Waals surface area (Å²) in [5.41, 5.74) is 6.46. The fourth-order valence-corrected chi connectivity index (χ4v) is 1.61. The van der Waals surface area contributed by atoms with Crippen molar-refractivity contribution in [1.82, 2.24) is 15.1 Å². The molecule has 0 saturated carbocycles. The van der Waals surface area contributed by atoms with Gasteiger partial charge in [0.15, 0.2) is 0 Å². The molecule has 4 N–H and O–H groups in total. The highest BCUT2D eigenvalue weighted by molar-refractivity contribution is 5.88. The average molecular weight is 268 g/mol. The molecule has 0 unspecified atom stereocenters. The first-order chi connectivity index (χ1) is 8.79. The predicted octanol–water partition coefficient (Wildman–Crippen LogP) is -1.06. The van der Waals surface area contributed by atoms with Gasteiger partial charge in [0.1, 0.15) is 12.6 Å². The van der Waals surface area contributed by atoms with Crippen LogP contribution in [-0.2, 0) is 20.9 Å². The van der Waals surface area contributed by atoms with Gasteiger partial charge in [0.2, 0.25) is 11.8 Å². The van der Waals surface area contributed by atoms with E-state index in [1.807, 2.05) is 0 Å². The molecular formula is C11H16N4O4. The highest BCUT2D eigenvalue weighted by atomic mass is 16.4. The molecule has 8 nitrogen and oxygen atoms in total. The normalized spacial score (nSPS) is 11.9. The van der Waals surface area contributed by atoms with E-state index in [0.29, 0.717) is 0 Å². The van der Waals surface area contributed by atoms with Crippen molar-refractivity contribution in [2.24, 2.45) is 5.73 Å². The van der Waals surface area contributed by atoms with E-state index < -0.39 is 30.2 Å². The molecule has 0 bridgehead atoms. The van der Waals surface area contributed by atoms with Crippen LogP contribution in [0.4, 0.5) is 0 Å². The van der Waals surface area contributed by atoms with Crippen LogP contribution >= 0.6 is 0 Å². The maximum absolute atomic E-state index is 11.7. The maximum atomic E-state index is 11.7. The maximum Gasteiger partial charge on any atom is 0.326 e. The molecule has 0 aromatic carbocycles. The molecule has 19 heavy (non-hydrogen) atoms. The Morgan fingerprint density at radius 1 is 1.47 bits per heavy atom. The molecule has 1 heterocycles. The van der Waals surface area contributed by atoms with Gasteiger partial charge in [-0.15, -0.1) is 0 Å². The number of hydrogen-bond donors (Lipinski definition) is 3. The lowest BCUT2D eigenvalue weighted by Gasteiger charge is -2.13. The van der Waals surface area contributed by atoms with Gasteiger partial charge in [0.05, 0.1) is 12.1 Å². The molecule has 2 amide bonds. The number of nitrogens with two attached hydrogens (primary N) is 1. The van der Waals surface area contributed by atoms with Crippen LogP contribution in [0.1, 0.15) is 17.8 Å². The third kappa shape index (κ3) is 4.41. The number of carboxylic acids is 1. The molecule has 0 aliphatic rings. The summed E-state index contributed by atoms with van der Waals surface area (Å²) >= 11 is 0. The summed E-state index contributed by atoms with van der Waals surface area (Å²) in [7, 11) is 0. The number of aromatic nitrogens is 2. The predicted molar refractivity (Wildman–Crippen MR) is 65.1 cm³/mol. The van der Waals surface area contributed by atoms with Gasteiger partial charge >= 0.3 is 5.97 Å². The minimum atomic E-state index is -1.32. The topological polar surface area (TPSA) is 127 Å². The number of hydrogen-bond acceptors (Lipinski definition) is 4. The molecule has 0 saturated heterocycles. The van der Waals surface area contributed by atoms with Crippen molar-refractivity contribution in [3.8, 4) is 0 Å². The summed E-state index contributed by atoms with van der Waals surface area (Å²) in [6.45, 7) is 3.46. The molecule has 0 aliphatic heterocycles. The zero-order valence-corrected chi connectivity index (χ0v) is 10.7. The molecule has 1 aromatic rings. The first-order valence-corrected chi connectivity index (χ1v) is 5.61. The fraction of sp³-hybridized carbons (Fsp3) is 0.455. The minimum absolute atomic E-state index is 0.109. The van der Waals surface area contributed by atoms with Gasteiger partial charge in [-0.25, -0.2) is 4.79 Å². The van der Waals surface area contributed by atoms with Crippen LogP contribution in [0.25, 0.3) is 0 Å². The Bertz CT molecular complexity index is 509. The van der Waals surface area contributed by atoms with Crippen LogP contribution in [0.5, 0.6) is 0 Å². The number of carbonyl (C=O) groups excluding carboxylic acids is 2. The number of aryl methyl sites for hydroxylation is 2. The smallest absolute Gasteiger partial charge is 0.326 e. The van der Waals surface area contributed by atoms with Crippen LogP contribution in [0, 0.1) is 13.8 Å². The molecule has 0 aliphatic carbocycles. The van der Waals surface area contributed by atoms with Gasteiger partial charge in [0, 0.05) is 5.69 Å². The summed E-state index contributed by atoms with van der Waals surface area (Å²) in [5, 5.41) is 15.2. The van der Waals surface area contributed by atoms with Gasteiger partial charge < -0.3 is 16.2 Å². The van der Waals surface area contributed by atoms with E-state index in [0.717, 1.165) is 11.4 Å². The number of aliphatic carboxylic acids is 1. The lowest BCUT2D eigenvalue weighted by Crippen LogP contribution is -2.44. The fourth-order valence-electron chi connectivity index (χ4n) is 1.61. The van der Waals surface area contributed by atoms with Crippen LogP contribution in [0.3, 0.4) is 0 Å². The highest BCUT2D eigenvalue weighted by Crippen LogP contribution is 2.01. The Labute approximate surface area is 109 Å².